The lowest BCUT2D eigenvalue weighted by Crippen LogP contribution is -2.42. The highest BCUT2D eigenvalue weighted by molar-refractivity contribution is 5.95. The van der Waals surface area contributed by atoms with Crippen LogP contribution in [0.25, 0.3) is 0 Å². The number of alkyl carbamates (subject to hydrolysis) is 1. The number of aromatic amines is 1. The number of nitrogens with zero attached hydrogens (tertiary/aromatic N) is 1. The van der Waals surface area contributed by atoms with Gasteiger partial charge in [0.05, 0.1) is 11.7 Å². The minimum absolute atomic E-state index is 0.0126. The fourth-order valence-electron chi connectivity index (χ4n) is 1.86. The standard InChI is InChI=1S/C15H25N3O4/c1-10-6-16-8-12(10)13(20)18(5)9-11(19)7-17-14(21)22-15(2,3)4/h6,8,11,16,19H,7,9H2,1-5H3,(H,17,21). The molecule has 1 rings (SSSR count). The van der Waals surface area contributed by atoms with E-state index in [1.54, 1.807) is 40.2 Å². The third-order valence-electron chi connectivity index (χ3n) is 2.89. The summed E-state index contributed by atoms with van der Waals surface area (Å²) >= 11 is 0. The number of ether oxygens (including phenoxy) is 1. The third-order valence-corrected chi connectivity index (χ3v) is 2.89. The number of aryl methyl sites for hydroxylation is 1. The zero-order valence-corrected chi connectivity index (χ0v) is 13.8. The van der Waals surface area contributed by atoms with Crippen molar-refractivity contribution in [3.05, 3.63) is 23.5 Å². The second-order valence-corrected chi connectivity index (χ2v) is 6.27. The Hall–Kier alpha value is -2.02. The van der Waals surface area contributed by atoms with E-state index in [1.165, 1.54) is 4.90 Å². The van der Waals surface area contributed by atoms with E-state index < -0.39 is 17.8 Å². The van der Waals surface area contributed by atoms with Crippen LogP contribution >= 0.6 is 0 Å². The van der Waals surface area contributed by atoms with Gasteiger partial charge in [-0.25, -0.2) is 4.79 Å². The van der Waals surface area contributed by atoms with Gasteiger partial charge in [-0.2, -0.15) is 0 Å². The predicted molar refractivity (Wildman–Crippen MR) is 82.7 cm³/mol. The number of H-pyrrole nitrogens is 1. The zero-order valence-electron chi connectivity index (χ0n) is 13.8. The SMILES string of the molecule is Cc1c[nH]cc1C(=O)N(C)CC(O)CNC(=O)OC(C)(C)C. The number of hydrogen-bond acceptors (Lipinski definition) is 4. The summed E-state index contributed by atoms with van der Waals surface area (Å²) in [5, 5.41) is 12.4. The summed E-state index contributed by atoms with van der Waals surface area (Å²) < 4.78 is 5.07. The number of aromatic nitrogens is 1. The van der Waals surface area contributed by atoms with Crippen molar-refractivity contribution >= 4 is 12.0 Å². The Kier molecular flexibility index (Phi) is 5.99. The molecule has 7 heteroatoms. The monoisotopic (exact) mass is 311 g/mol. The number of rotatable bonds is 5. The summed E-state index contributed by atoms with van der Waals surface area (Å²) in [4.78, 5) is 27.9. The molecular formula is C15H25N3O4. The molecule has 1 atom stereocenters. The van der Waals surface area contributed by atoms with Crippen molar-refractivity contribution in [2.24, 2.45) is 0 Å². The number of aliphatic hydroxyl groups is 1. The van der Waals surface area contributed by atoms with E-state index in [-0.39, 0.29) is 19.0 Å². The van der Waals surface area contributed by atoms with Crippen LogP contribution in [0.1, 0.15) is 36.7 Å². The molecule has 7 nitrogen and oxygen atoms in total. The van der Waals surface area contributed by atoms with Gasteiger partial charge in [-0.3, -0.25) is 4.79 Å². The summed E-state index contributed by atoms with van der Waals surface area (Å²) in [5.74, 6) is -0.185. The van der Waals surface area contributed by atoms with Gasteiger partial charge in [0.1, 0.15) is 5.60 Å². The van der Waals surface area contributed by atoms with Gasteiger partial charge in [0.25, 0.3) is 5.91 Å². The summed E-state index contributed by atoms with van der Waals surface area (Å²) in [5.41, 5.74) is 0.821. The van der Waals surface area contributed by atoms with Crippen molar-refractivity contribution in [3.63, 3.8) is 0 Å². The van der Waals surface area contributed by atoms with Gasteiger partial charge in [-0.15, -0.1) is 0 Å². The number of amides is 2. The topological polar surface area (TPSA) is 94.7 Å². The number of carbonyl (C=O) groups excluding carboxylic acids is 2. The normalized spacial score (nSPS) is 12.6. The molecule has 0 fully saturated rings. The lowest BCUT2D eigenvalue weighted by Gasteiger charge is -2.23. The maximum absolute atomic E-state index is 12.2. The molecule has 0 aliphatic rings. The molecule has 0 bridgehead atoms. The molecule has 0 saturated carbocycles. The Balaban J connectivity index is 2.41. The fraction of sp³-hybridized carbons (Fsp3) is 0.600. The van der Waals surface area contributed by atoms with Crippen molar-refractivity contribution in [3.8, 4) is 0 Å². The van der Waals surface area contributed by atoms with Crippen LogP contribution in [-0.2, 0) is 4.74 Å². The molecule has 0 aromatic carbocycles. The average molecular weight is 311 g/mol. The first kappa shape index (κ1) is 18.0. The van der Waals surface area contributed by atoms with Crippen LogP contribution < -0.4 is 5.32 Å². The van der Waals surface area contributed by atoms with Crippen LogP contribution in [0.15, 0.2) is 12.4 Å². The van der Waals surface area contributed by atoms with Crippen molar-refractivity contribution in [1.29, 1.82) is 0 Å². The zero-order chi connectivity index (χ0) is 16.9. The molecule has 124 valence electrons. The second kappa shape index (κ2) is 7.31. The lowest BCUT2D eigenvalue weighted by atomic mass is 10.2. The van der Waals surface area contributed by atoms with E-state index in [9.17, 15) is 14.7 Å². The number of likely N-dealkylation sites (N-methyl/N-ethyl adjacent to an activating group) is 1. The Bertz CT molecular complexity index is 519. The number of aliphatic hydroxyl groups excluding tert-OH is 1. The summed E-state index contributed by atoms with van der Waals surface area (Å²) in [6.07, 6.45) is 1.89. The Morgan fingerprint density at radius 3 is 2.55 bits per heavy atom. The second-order valence-electron chi connectivity index (χ2n) is 6.27. The van der Waals surface area contributed by atoms with Gasteiger partial charge >= 0.3 is 6.09 Å². The van der Waals surface area contributed by atoms with Crippen molar-refractivity contribution in [1.82, 2.24) is 15.2 Å². The summed E-state index contributed by atoms with van der Waals surface area (Å²) in [7, 11) is 1.60. The minimum atomic E-state index is -0.874. The van der Waals surface area contributed by atoms with Crippen LogP contribution in [0.3, 0.4) is 0 Å². The van der Waals surface area contributed by atoms with Crippen molar-refractivity contribution in [2.45, 2.75) is 39.4 Å². The van der Waals surface area contributed by atoms with E-state index in [4.69, 9.17) is 4.74 Å². The van der Waals surface area contributed by atoms with E-state index >= 15 is 0 Å². The van der Waals surface area contributed by atoms with Gasteiger partial charge in [0.15, 0.2) is 0 Å². The van der Waals surface area contributed by atoms with Crippen LogP contribution in [0.5, 0.6) is 0 Å². The molecule has 1 aromatic rings. The van der Waals surface area contributed by atoms with Crippen LogP contribution in [0.4, 0.5) is 4.79 Å². The average Bonchev–Trinajstić information content (AvgIpc) is 2.79. The summed E-state index contributed by atoms with van der Waals surface area (Å²) in [6, 6.07) is 0. The lowest BCUT2D eigenvalue weighted by molar-refractivity contribution is 0.0469. The van der Waals surface area contributed by atoms with Crippen molar-refractivity contribution in [2.75, 3.05) is 20.1 Å². The number of hydrogen-bond donors (Lipinski definition) is 3. The Morgan fingerprint density at radius 1 is 1.41 bits per heavy atom. The van der Waals surface area contributed by atoms with Crippen LogP contribution in [0, 0.1) is 6.92 Å². The highest BCUT2D eigenvalue weighted by atomic mass is 16.6. The van der Waals surface area contributed by atoms with Crippen molar-refractivity contribution < 1.29 is 19.4 Å². The molecule has 0 aliphatic carbocycles. The van der Waals surface area contributed by atoms with Gasteiger partial charge < -0.3 is 25.0 Å². The first-order valence-corrected chi connectivity index (χ1v) is 7.14. The molecule has 1 heterocycles. The van der Waals surface area contributed by atoms with E-state index in [0.717, 1.165) is 5.56 Å². The first-order valence-electron chi connectivity index (χ1n) is 7.14. The molecule has 0 radical (unpaired) electrons. The molecule has 1 unspecified atom stereocenters. The van der Waals surface area contributed by atoms with E-state index in [1.807, 2.05) is 6.92 Å². The maximum atomic E-state index is 12.2. The Labute approximate surface area is 130 Å². The molecule has 2 amide bonds. The molecule has 0 spiro atoms. The van der Waals surface area contributed by atoms with Gasteiger partial charge in [0.2, 0.25) is 0 Å². The fourth-order valence-corrected chi connectivity index (χ4v) is 1.86. The number of carbonyl (C=O) groups is 2. The molecule has 22 heavy (non-hydrogen) atoms. The molecule has 0 saturated heterocycles. The van der Waals surface area contributed by atoms with Crippen LogP contribution in [-0.4, -0.2) is 58.8 Å². The number of nitrogens with one attached hydrogen (secondary N) is 2. The van der Waals surface area contributed by atoms with E-state index in [2.05, 4.69) is 10.3 Å². The predicted octanol–water partition coefficient (Wildman–Crippen LogP) is 1.28. The molecule has 0 aliphatic heterocycles. The maximum Gasteiger partial charge on any atom is 0.407 e. The highest BCUT2D eigenvalue weighted by Gasteiger charge is 2.20. The smallest absolute Gasteiger partial charge is 0.407 e. The molecule has 1 aromatic heterocycles. The van der Waals surface area contributed by atoms with Gasteiger partial charge in [0, 0.05) is 32.5 Å². The highest BCUT2D eigenvalue weighted by Crippen LogP contribution is 2.09. The summed E-state index contributed by atoms with van der Waals surface area (Å²) in [6.45, 7) is 7.23. The quantitative estimate of drug-likeness (QED) is 0.763. The Morgan fingerprint density at radius 2 is 2.05 bits per heavy atom. The molecule has 3 N–H and O–H groups in total. The van der Waals surface area contributed by atoms with Gasteiger partial charge in [-0.1, -0.05) is 0 Å². The molecular weight excluding hydrogens is 286 g/mol. The third kappa shape index (κ3) is 5.77. The minimum Gasteiger partial charge on any atom is -0.444 e. The largest absolute Gasteiger partial charge is 0.444 e. The van der Waals surface area contributed by atoms with Crippen LogP contribution in [0.2, 0.25) is 0 Å². The first-order chi connectivity index (χ1) is 10.1. The van der Waals surface area contributed by atoms with Gasteiger partial charge in [-0.05, 0) is 33.3 Å². The van der Waals surface area contributed by atoms with E-state index in [0.29, 0.717) is 5.56 Å².